The lowest BCUT2D eigenvalue weighted by atomic mass is 9.92. The molecular formula is C18H32N2S. The lowest BCUT2D eigenvalue weighted by molar-refractivity contribution is 0.0762. The van der Waals surface area contributed by atoms with E-state index < -0.39 is 0 Å². The minimum absolute atomic E-state index is 0.646. The van der Waals surface area contributed by atoms with Gasteiger partial charge in [0.05, 0.1) is 0 Å². The molecule has 0 bridgehead atoms. The van der Waals surface area contributed by atoms with Crippen LogP contribution < -0.4 is 5.32 Å². The zero-order valence-electron chi connectivity index (χ0n) is 14.6. The smallest absolute Gasteiger partial charge is 0.0332 e. The van der Waals surface area contributed by atoms with Gasteiger partial charge in [-0.2, -0.15) is 0 Å². The minimum Gasteiger partial charge on any atom is -0.311 e. The molecule has 0 spiro atoms. The zero-order valence-corrected chi connectivity index (χ0v) is 15.4. The summed E-state index contributed by atoms with van der Waals surface area (Å²) in [5.41, 5.74) is 1.45. The number of aryl methyl sites for hydroxylation is 2. The molecular weight excluding hydrogens is 276 g/mol. The topological polar surface area (TPSA) is 15.3 Å². The van der Waals surface area contributed by atoms with Gasteiger partial charge < -0.3 is 5.32 Å². The van der Waals surface area contributed by atoms with Crippen LogP contribution in [-0.2, 0) is 6.54 Å². The van der Waals surface area contributed by atoms with E-state index in [0.717, 1.165) is 19.0 Å². The first kappa shape index (κ1) is 17.0. The maximum absolute atomic E-state index is 3.80. The summed E-state index contributed by atoms with van der Waals surface area (Å²) < 4.78 is 0. The van der Waals surface area contributed by atoms with Crippen molar-refractivity contribution < 1.29 is 0 Å². The van der Waals surface area contributed by atoms with Gasteiger partial charge in [-0.05, 0) is 37.3 Å². The summed E-state index contributed by atoms with van der Waals surface area (Å²) >= 11 is 1.98. The van der Waals surface area contributed by atoms with Crippen molar-refractivity contribution in [2.45, 2.75) is 66.6 Å². The van der Waals surface area contributed by atoms with Gasteiger partial charge in [0.25, 0.3) is 0 Å². The lowest BCUT2D eigenvalue weighted by Gasteiger charge is -2.44. The first-order chi connectivity index (χ1) is 9.92. The highest BCUT2D eigenvalue weighted by molar-refractivity contribution is 7.12. The average molecular weight is 309 g/mol. The third-order valence-corrected chi connectivity index (χ3v) is 6.30. The Kier molecular flexibility index (Phi) is 5.87. The molecule has 120 valence electrons. The predicted molar refractivity (Wildman–Crippen MR) is 94.1 cm³/mol. The molecule has 2 nitrogen and oxygen atoms in total. The van der Waals surface area contributed by atoms with Crippen molar-refractivity contribution in [2.24, 2.45) is 11.8 Å². The van der Waals surface area contributed by atoms with Gasteiger partial charge in [-0.1, -0.05) is 34.1 Å². The van der Waals surface area contributed by atoms with Crippen molar-refractivity contribution in [3.8, 4) is 0 Å². The molecule has 0 radical (unpaired) electrons. The summed E-state index contributed by atoms with van der Waals surface area (Å²) in [5.74, 6) is 1.46. The number of nitrogens with zero attached hydrogens (tertiary/aromatic N) is 1. The fourth-order valence-electron chi connectivity index (χ4n) is 3.29. The Balaban J connectivity index is 2.10. The van der Waals surface area contributed by atoms with Crippen LogP contribution in [0, 0.1) is 25.7 Å². The van der Waals surface area contributed by atoms with Crippen molar-refractivity contribution in [1.82, 2.24) is 10.2 Å². The van der Waals surface area contributed by atoms with Gasteiger partial charge >= 0.3 is 0 Å². The summed E-state index contributed by atoms with van der Waals surface area (Å²) in [6.07, 6.45) is 1.26. The Morgan fingerprint density at radius 2 is 2.05 bits per heavy atom. The molecule has 1 aromatic rings. The molecule has 0 amide bonds. The second-order valence-corrected chi connectivity index (χ2v) is 8.43. The van der Waals surface area contributed by atoms with Crippen LogP contribution in [0.2, 0.25) is 0 Å². The molecule has 3 unspecified atom stereocenters. The Morgan fingerprint density at radius 1 is 1.33 bits per heavy atom. The van der Waals surface area contributed by atoms with Gasteiger partial charge in [-0.25, -0.2) is 0 Å². The third-order valence-electron chi connectivity index (χ3n) is 5.17. The van der Waals surface area contributed by atoms with E-state index >= 15 is 0 Å². The molecule has 0 aromatic carbocycles. The SMILES string of the molecule is CCC(C)C1CN(Cc2cc(C)c(C)s2)C(C(C)C)CN1. The summed E-state index contributed by atoms with van der Waals surface area (Å²) in [6.45, 7) is 17.3. The summed E-state index contributed by atoms with van der Waals surface area (Å²) in [4.78, 5) is 5.73. The van der Waals surface area contributed by atoms with E-state index in [1.54, 1.807) is 0 Å². The van der Waals surface area contributed by atoms with Crippen molar-refractivity contribution in [3.05, 3.63) is 21.4 Å². The molecule has 3 heteroatoms. The Hall–Kier alpha value is -0.380. The highest BCUT2D eigenvalue weighted by Gasteiger charge is 2.31. The number of piperazine rings is 1. The summed E-state index contributed by atoms with van der Waals surface area (Å²) in [6, 6.07) is 3.69. The van der Waals surface area contributed by atoms with E-state index in [0.29, 0.717) is 18.0 Å². The van der Waals surface area contributed by atoms with Crippen LogP contribution in [0.3, 0.4) is 0 Å². The summed E-state index contributed by atoms with van der Waals surface area (Å²) in [7, 11) is 0. The molecule has 3 atom stereocenters. The molecule has 2 rings (SSSR count). The number of thiophene rings is 1. The van der Waals surface area contributed by atoms with Crippen LogP contribution in [0.4, 0.5) is 0 Å². The minimum atomic E-state index is 0.646. The second-order valence-electron chi connectivity index (χ2n) is 7.09. The quantitative estimate of drug-likeness (QED) is 0.876. The Labute approximate surface area is 134 Å². The fourth-order valence-corrected chi connectivity index (χ4v) is 4.37. The molecule has 2 heterocycles. The van der Waals surface area contributed by atoms with Gasteiger partial charge in [0.15, 0.2) is 0 Å². The number of hydrogen-bond donors (Lipinski definition) is 1. The fraction of sp³-hybridized carbons (Fsp3) is 0.778. The van der Waals surface area contributed by atoms with Gasteiger partial charge in [0.2, 0.25) is 0 Å². The number of hydrogen-bond acceptors (Lipinski definition) is 3. The Bertz CT molecular complexity index is 433. The van der Waals surface area contributed by atoms with Crippen molar-refractivity contribution in [3.63, 3.8) is 0 Å². The van der Waals surface area contributed by atoms with E-state index in [1.165, 1.54) is 28.3 Å². The molecule has 1 fully saturated rings. The van der Waals surface area contributed by atoms with Gasteiger partial charge in [-0.15, -0.1) is 11.3 Å². The lowest BCUT2D eigenvalue weighted by Crippen LogP contribution is -2.59. The highest BCUT2D eigenvalue weighted by atomic mass is 32.1. The number of nitrogens with one attached hydrogen (secondary N) is 1. The zero-order chi connectivity index (χ0) is 15.6. The maximum Gasteiger partial charge on any atom is 0.0332 e. The summed E-state index contributed by atoms with van der Waals surface area (Å²) in [5, 5.41) is 3.80. The third kappa shape index (κ3) is 4.08. The van der Waals surface area contributed by atoms with Gasteiger partial charge in [-0.3, -0.25) is 4.90 Å². The van der Waals surface area contributed by atoms with Crippen LogP contribution in [-0.4, -0.2) is 30.1 Å². The van der Waals surface area contributed by atoms with Crippen molar-refractivity contribution in [2.75, 3.05) is 13.1 Å². The first-order valence-corrected chi connectivity index (χ1v) is 9.27. The van der Waals surface area contributed by atoms with Gasteiger partial charge in [0, 0.05) is 41.5 Å². The first-order valence-electron chi connectivity index (χ1n) is 8.45. The highest BCUT2D eigenvalue weighted by Crippen LogP contribution is 2.26. The van der Waals surface area contributed by atoms with E-state index in [2.05, 4.69) is 57.8 Å². The monoisotopic (exact) mass is 308 g/mol. The van der Waals surface area contributed by atoms with E-state index in [4.69, 9.17) is 0 Å². The van der Waals surface area contributed by atoms with E-state index in [-0.39, 0.29) is 0 Å². The van der Waals surface area contributed by atoms with E-state index in [1.807, 2.05) is 11.3 Å². The standard InChI is InChI=1S/C18H32N2S/c1-7-13(4)17-11-20(18(9-19-17)12(2)3)10-16-8-14(5)15(6)21-16/h8,12-13,17-19H,7,9-11H2,1-6H3. The van der Waals surface area contributed by atoms with Crippen LogP contribution in [0.1, 0.15) is 49.4 Å². The van der Waals surface area contributed by atoms with Crippen molar-refractivity contribution >= 4 is 11.3 Å². The molecule has 1 N–H and O–H groups in total. The molecule has 1 aliphatic rings. The molecule has 1 aliphatic heterocycles. The van der Waals surface area contributed by atoms with Crippen LogP contribution >= 0.6 is 11.3 Å². The number of rotatable bonds is 5. The normalized spacial score (nSPS) is 25.5. The van der Waals surface area contributed by atoms with E-state index in [9.17, 15) is 0 Å². The molecule has 0 aliphatic carbocycles. The Morgan fingerprint density at radius 3 is 2.57 bits per heavy atom. The van der Waals surface area contributed by atoms with Crippen molar-refractivity contribution in [1.29, 1.82) is 0 Å². The predicted octanol–water partition coefficient (Wildman–Crippen LogP) is 4.21. The molecule has 0 saturated carbocycles. The molecule has 21 heavy (non-hydrogen) atoms. The largest absolute Gasteiger partial charge is 0.311 e. The van der Waals surface area contributed by atoms with Crippen LogP contribution in [0.25, 0.3) is 0 Å². The average Bonchev–Trinajstić information content (AvgIpc) is 2.76. The maximum atomic E-state index is 3.80. The second kappa shape index (κ2) is 7.26. The van der Waals surface area contributed by atoms with Crippen LogP contribution in [0.5, 0.6) is 0 Å². The molecule has 1 saturated heterocycles. The van der Waals surface area contributed by atoms with Gasteiger partial charge in [0.1, 0.15) is 0 Å². The molecule has 1 aromatic heterocycles. The van der Waals surface area contributed by atoms with Crippen LogP contribution in [0.15, 0.2) is 6.07 Å².